The summed E-state index contributed by atoms with van der Waals surface area (Å²) in [4.78, 5) is 13.0. The molecule has 7 nitrogen and oxygen atoms in total. The van der Waals surface area contributed by atoms with Crippen LogP contribution in [0.5, 0.6) is 0 Å². The van der Waals surface area contributed by atoms with Gasteiger partial charge in [-0.25, -0.2) is 4.79 Å². The third-order valence-corrected chi connectivity index (χ3v) is 6.14. The van der Waals surface area contributed by atoms with E-state index in [0.717, 1.165) is 21.9 Å². The second-order valence-corrected chi connectivity index (χ2v) is 8.69. The summed E-state index contributed by atoms with van der Waals surface area (Å²) >= 11 is 3.07. The van der Waals surface area contributed by atoms with Crippen LogP contribution in [0.4, 0.5) is 13.2 Å². The Hall–Kier alpha value is -2.92. The molecule has 166 valence electrons. The Kier molecular flexibility index (Phi) is 4.97. The molecule has 32 heavy (non-hydrogen) atoms. The van der Waals surface area contributed by atoms with Crippen molar-refractivity contribution in [1.82, 2.24) is 23.7 Å². The smallest absolute Gasteiger partial charge is 0.381 e. The second kappa shape index (κ2) is 7.59. The maximum atomic E-state index is 13.6. The van der Waals surface area contributed by atoms with Crippen molar-refractivity contribution in [3.05, 3.63) is 81.0 Å². The lowest BCUT2D eigenvalue weighted by Gasteiger charge is -2.33. The number of aromatic nitrogens is 5. The van der Waals surface area contributed by atoms with Crippen molar-refractivity contribution in [3.8, 4) is 5.69 Å². The van der Waals surface area contributed by atoms with Crippen molar-refractivity contribution in [2.24, 2.45) is 13.0 Å². The van der Waals surface area contributed by atoms with Crippen LogP contribution < -0.4 is 5.69 Å². The zero-order valence-corrected chi connectivity index (χ0v) is 18.3. The van der Waals surface area contributed by atoms with Crippen LogP contribution in [0.25, 0.3) is 11.2 Å². The molecule has 1 aromatic carbocycles. The molecule has 1 unspecified atom stereocenters. The number of aryl methyl sites for hydroxylation is 1. The van der Waals surface area contributed by atoms with Crippen molar-refractivity contribution >= 4 is 21.4 Å². The van der Waals surface area contributed by atoms with E-state index in [1.54, 1.807) is 24.5 Å². The minimum absolute atomic E-state index is 0.121. The number of ether oxygens (including phenoxy) is 1. The SMILES string of the molecule is Cn1cnnc1C(c1cccc(-n2cc3c(C(F)(F)F)cc(Br)cn3c2=O)c1)C1COC1. The minimum Gasteiger partial charge on any atom is -0.381 e. The summed E-state index contributed by atoms with van der Waals surface area (Å²) in [6.07, 6.45) is -0.425. The molecule has 0 N–H and O–H groups in total. The average Bonchev–Trinajstić information content (AvgIpc) is 3.27. The van der Waals surface area contributed by atoms with Gasteiger partial charge in [0.1, 0.15) is 12.2 Å². The first-order valence-electron chi connectivity index (χ1n) is 9.76. The molecule has 4 heterocycles. The van der Waals surface area contributed by atoms with Gasteiger partial charge < -0.3 is 9.30 Å². The fourth-order valence-electron chi connectivity index (χ4n) is 4.09. The summed E-state index contributed by atoms with van der Waals surface area (Å²) in [7, 11) is 1.85. The normalized spacial score (nSPS) is 15.8. The average molecular weight is 508 g/mol. The van der Waals surface area contributed by atoms with E-state index in [1.807, 2.05) is 17.7 Å². The van der Waals surface area contributed by atoms with Crippen LogP contribution in [0.2, 0.25) is 0 Å². The van der Waals surface area contributed by atoms with Gasteiger partial charge in [-0.2, -0.15) is 13.2 Å². The number of halogens is 4. The molecule has 0 radical (unpaired) electrons. The summed E-state index contributed by atoms with van der Waals surface area (Å²) < 4.78 is 50.3. The molecule has 4 aromatic rings. The van der Waals surface area contributed by atoms with Gasteiger partial charge in [0.25, 0.3) is 0 Å². The first-order valence-corrected chi connectivity index (χ1v) is 10.6. The molecular weight excluding hydrogens is 491 g/mol. The molecule has 3 aromatic heterocycles. The van der Waals surface area contributed by atoms with E-state index in [4.69, 9.17) is 4.74 Å². The molecule has 0 amide bonds. The van der Waals surface area contributed by atoms with Gasteiger partial charge in [0.2, 0.25) is 0 Å². The Morgan fingerprint density at radius 2 is 2.00 bits per heavy atom. The van der Waals surface area contributed by atoms with Crippen LogP contribution in [0.15, 0.2) is 58.3 Å². The molecule has 1 saturated heterocycles. The van der Waals surface area contributed by atoms with Crippen molar-refractivity contribution < 1.29 is 17.9 Å². The number of hydrogen-bond acceptors (Lipinski definition) is 4. The molecule has 1 atom stereocenters. The number of alkyl halides is 3. The van der Waals surface area contributed by atoms with Gasteiger partial charge in [-0.1, -0.05) is 12.1 Å². The fraction of sp³-hybridized carbons (Fsp3) is 0.286. The van der Waals surface area contributed by atoms with E-state index in [9.17, 15) is 18.0 Å². The highest BCUT2D eigenvalue weighted by Gasteiger charge is 2.35. The van der Waals surface area contributed by atoms with Crippen LogP contribution in [-0.4, -0.2) is 36.9 Å². The Bertz CT molecular complexity index is 1370. The lowest BCUT2D eigenvalue weighted by atomic mass is 9.84. The monoisotopic (exact) mass is 507 g/mol. The standard InChI is InChI=1S/C21H17BrF3N5O2/c1-28-11-26-27-19(28)18(13-9-32-10-13)12-3-2-4-15(5-12)29-8-17-16(21(23,24)25)6-14(22)7-30(17)20(29)31/h2-8,11,13,18H,9-10H2,1H3. The first-order chi connectivity index (χ1) is 15.2. The molecule has 0 aliphatic carbocycles. The zero-order valence-electron chi connectivity index (χ0n) is 16.8. The van der Waals surface area contributed by atoms with Crippen molar-refractivity contribution in [3.63, 3.8) is 0 Å². The van der Waals surface area contributed by atoms with E-state index in [-0.39, 0.29) is 21.8 Å². The Labute approximate surface area is 188 Å². The number of benzene rings is 1. The molecule has 1 aliphatic rings. The van der Waals surface area contributed by atoms with Crippen LogP contribution in [0.3, 0.4) is 0 Å². The maximum Gasteiger partial charge on any atom is 0.418 e. The molecule has 5 rings (SSSR count). The first kappa shape index (κ1) is 21.0. The molecular formula is C21H17BrF3N5O2. The molecule has 0 spiro atoms. The highest BCUT2D eigenvalue weighted by molar-refractivity contribution is 9.10. The number of hydrogen-bond donors (Lipinski definition) is 0. The summed E-state index contributed by atoms with van der Waals surface area (Å²) in [6, 6.07) is 8.16. The quantitative estimate of drug-likeness (QED) is 0.421. The van der Waals surface area contributed by atoms with Gasteiger partial charge in [0.15, 0.2) is 0 Å². The maximum absolute atomic E-state index is 13.6. The number of imidazole rings is 1. The number of pyridine rings is 1. The molecule has 1 aliphatic heterocycles. The number of nitrogens with zero attached hydrogens (tertiary/aromatic N) is 5. The fourth-order valence-corrected chi connectivity index (χ4v) is 4.52. The summed E-state index contributed by atoms with van der Waals surface area (Å²) in [5.74, 6) is 0.822. The van der Waals surface area contributed by atoms with E-state index < -0.39 is 17.4 Å². The van der Waals surface area contributed by atoms with E-state index in [1.165, 1.54) is 17.0 Å². The van der Waals surface area contributed by atoms with Crippen LogP contribution >= 0.6 is 15.9 Å². The molecule has 0 bridgehead atoms. The molecule has 0 saturated carbocycles. The van der Waals surface area contributed by atoms with E-state index in [0.29, 0.717) is 18.9 Å². The Morgan fingerprint density at radius 1 is 1.22 bits per heavy atom. The molecule has 1 fully saturated rings. The summed E-state index contributed by atoms with van der Waals surface area (Å²) in [6.45, 7) is 1.14. The van der Waals surface area contributed by atoms with Gasteiger partial charge in [-0.05, 0) is 39.7 Å². The summed E-state index contributed by atoms with van der Waals surface area (Å²) in [5, 5.41) is 8.23. The lowest BCUT2D eigenvalue weighted by Crippen LogP contribution is -2.35. The highest BCUT2D eigenvalue weighted by Crippen LogP contribution is 2.36. The summed E-state index contributed by atoms with van der Waals surface area (Å²) in [5.41, 5.74) is -0.346. The lowest BCUT2D eigenvalue weighted by molar-refractivity contribution is -0.136. The van der Waals surface area contributed by atoms with Gasteiger partial charge in [-0.3, -0.25) is 8.97 Å². The van der Waals surface area contributed by atoms with Crippen molar-refractivity contribution in [2.75, 3.05) is 13.2 Å². The Balaban J connectivity index is 1.66. The van der Waals surface area contributed by atoms with Gasteiger partial charge in [0, 0.05) is 29.8 Å². The highest BCUT2D eigenvalue weighted by atomic mass is 79.9. The third-order valence-electron chi connectivity index (χ3n) is 5.71. The predicted octanol–water partition coefficient (Wildman–Crippen LogP) is 3.78. The van der Waals surface area contributed by atoms with Gasteiger partial charge in [-0.15, -0.1) is 10.2 Å². The van der Waals surface area contributed by atoms with E-state index >= 15 is 0 Å². The second-order valence-electron chi connectivity index (χ2n) is 7.78. The van der Waals surface area contributed by atoms with Gasteiger partial charge >= 0.3 is 11.9 Å². The van der Waals surface area contributed by atoms with Crippen LogP contribution in [0, 0.1) is 5.92 Å². The van der Waals surface area contributed by atoms with E-state index in [2.05, 4.69) is 26.1 Å². The largest absolute Gasteiger partial charge is 0.418 e. The third kappa shape index (κ3) is 3.45. The predicted molar refractivity (Wildman–Crippen MR) is 113 cm³/mol. The van der Waals surface area contributed by atoms with Crippen LogP contribution in [-0.2, 0) is 18.0 Å². The Morgan fingerprint density at radius 3 is 2.62 bits per heavy atom. The molecule has 11 heteroatoms. The van der Waals surface area contributed by atoms with Crippen molar-refractivity contribution in [1.29, 1.82) is 0 Å². The minimum atomic E-state index is -4.60. The number of rotatable bonds is 4. The van der Waals surface area contributed by atoms with Crippen LogP contribution in [0.1, 0.15) is 22.9 Å². The van der Waals surface area contributed by atoms with Gasteiger partial charge in [0.05, 0.1) is 35.9 Å². The number of fused-ring (bicyclic) bond motifs is 1. The topological polar surface area (TPSA) is 66.3 Å². The van der Waals surface area contributed by atoms with Crippen molar-refractivity contribution in [2.45, 2.75) is 12.1 Å². The zero-order chi connectivity index (χ0) is 22.6.